The van der Waals surface area contributed by atoms with E-state index in [1.165, 1.54) is 12.1 Å². The van der Waals surface area contributed by atoms with Crippen LogP contribution in [0, 0.1) is 0 Å². The van der Waals surface area contributed by atoms with Gasteiger partial charge in [0.1, 0.15) is 5.75 Å². The molecule has 1 rings (SSSR count). The van der Waals surface area contributed by atoms with E-state index in [-0.39, 0.29) is 11.5 Å². The minimum Gasteiger partial charge on any atom is -0.494 e. The molecule has 5 nitrogen and oxygen atoms in total. The Bertz CT molecular complexity index is 413. The molecule has 0 spiro atoms. The summed E-state index contributed by atoms with van der Waals surface area (Å²) in [5.41, 5.74) is 0. The molecule has 0 saturated carbocycles. The number of hydrogen-bond donors (Lipinski definition) is 1. The van der Waals surface area contributed by atoms with Gasteiger partial charge in [0.2, 0.25) is 0 Å². The Morgan fingerprint density at radius 1 is 1.12 bits per heavy atom. The number of nitrogens with one attached hydrogen (secondary N) is 1. The van der Waals surface area contributed by atoms with Gasteiger partial charge in [-0.2, -0.15) is 0 Å². The molecule has 0 radical (unpaired) electrons. The van der Waals surface area contributed by atoms with Crippen LogP contribution in [0.25, 0.3) is 0 Å². The first-order chi connectivity index (χ1) is 7.60. The second kappa shape index (κ2) is 5.83. The van der Waals surface area contributed by atoms with Gasteiger partial charge < -0.3 is 4.74 Å². The largest absolute Gasteiger partial charge is 0.494 e. The first kappa shape index (κ1) is 13.0. The Balaban J connectivity index is 2.80. The van der Waals surface area contributed by atoms with Crippen LogP contribution < -0.4 is 9.62 Å². The highest BCUT2D eigenvalue weighted by atomic mass is 32.2. The van der Waals surface area contributed by atoms with Crippen molar-refractivity contribution in [2.24, 2.45) is 0 Å². The first-order valence-corrected chi connectivity index (χ1v) is 6.45. The van der Waals surface area contributed by atoms with E-state index in [1.807, 2.05) is 11.8 Å². The second-order valence-corrected chi connectivity index (χ2v) is 4.57. The van der Waals surface area contributed by atoms with E-state index >= 15 is 0 Å². The third-order valence-corrected chi connectivity index (χ3v) is 2.99. The zero-order valence-electron chi connectivity index (χ0n) is 9.26. The van der Waals surface area contributed by atoms with Gasteiger partial charge in [0, 0.05) is 0 Å². The SMILES string of the molecule is CCONS(=O)(=O)c1ccc(OCC)cc1. The quantitative estimate of drug-likeness (QED) is 0.768. The lowest BCUT2D eigenvalue weighted by Crippen LogP contribution is -2.23. The lowest BCUT2D eigenvalue weighted by Gasteiger charge is -2.07. The summed E-state index contributed by atoms with van der Waals surface area (Å²) in [5, 5.41) is 0. The predicted octanol–water partition coefficient (Wildman–Crippen LogP) is 1.32. The number of sulfonamides is 1. The van der Waals surface area contributed by atoms with Crippen LogP contribution in [0.2, 0.25) is 0 Å². The van der Waals surface area contributed by atoms with E-state index in [9.17, 15) is 8.42 Å². The Morgan fingerprint density at radius 3 is 2.25 bits per heavy atom. The molecule has 0 heterocycles. The molecule has 0 fully saturated rings. The van der Waals surface area contributed by atoms with E-state index in [0.29, 0.717) is 12.4 Å². The average molecular weight is 245 g/mol. The number of benzene rings is 1. The van der Waals surface area contributed by atoms with Crippen LogP contribution in [-0.4, -0.2) is 21.6 Å². The van der Waals surface area contributed by atoms with Gasteiger partial charge in [-0.25, -0.2) is 8.42 Å². The first-order valence-electron chi connectivity index (χ1n) is 4.96. The zero-order chi connectivity index (χ0) is 12.0. The summed E-state index contributed by atoms with van der Waals surface area (Å²) >= 11 is 0. The monoisotopic (exact) mass is 245 g/mol. The lowest BCUT2D eigenvalue weighted by atomic mass is 10.3. The molecular weight excluding hydrogens is 230 g/mol. The number of hydrogen-bond acceptors (Lipinski definition) is 4. The van der Waals surface area contributed by atoms with E-state index in [4.69, 9.17) is 4.74 Å². The average Bonchev–Trinajstić information content (AvgIpc) is 2.28. The third kappa shape index (κ3) is 3.48. The van der Waals surface area contributed by atoms with E-state index < -0.39 is 10.0 Å². The van der Waals surface area contributed by atoms with Crippen molar-refractivity contribution in [1.29, 1.82) is 0 Å². The van der Waals surface area contributed by atoms with Gasteiger partial charge in [0.15, 0.2) is 0 Å². The van der Waals surface area contributed by atoms with Gasteiger partial charge in [-0.15, -0.1) is 0 Å². The predicted molar refractivity (Wildman–Crippen MR) is 59.6 cm³/mol. The van der Waals surface area contributed by atoms with Gasteiger partial charge in [0.05, 0.1) is 18.1 Å². The third-order valence-electron chi connectivity index (χ3n) is 1.76. The second-order valence-electron chi connectivity index (χ2n) is 2.92. The van der Waals surface area contributed by atoms with Crippen LogP contribution in [0.3, 0.4) is 0 Å². The van der Waals surface area contributed by atoms with Crippen molar-refractivity contribution >= 4 is 10.0 Å². The standard InChI is InChI=1S/C10H15NO4S/c1-3-14-9-5-7-10(8-6-9)16(12,13)11-15-4-2/h5-8,11H,3-4H2,1-2H3. The van der Waals surface area contributed by atoms with Crippen molar-refractivity contribution in [3.8, 4) is 5.75 Å². The lowest BCUT2D eigenvalue weighted by molar-refractivity contribution is 0.105. The van der Waals surface area contributed by atoms with Gasteiger partial charge in [0.25, 0.3) is 10.0 Å². The van der Waals surface area contributed by atoms with Crippen LogP contribution in [0.1, 0.15) is 13.8 Å². The fourth-order valence-electron chi connectivity index (χ4n) is 1.07. The summed E-state index contributed by atoms with van der Waals surface area (Å²) in [5.74, 6) is 0.637. The highest BCUT2D eigenvalue weighted by Gasteiger charge is 2.13. The number of rotatable bonds is 6. The minimum absolute atomic E-state index is 0.143. The molecule has 0 bridgehead atoms. The van der Waals surface area contributed by atoms with Gasteiger partial charge in [-0.05, 0) is 38.1 Å². The van der Waals surface area contributed by atoms with Gasteiger partial charge in [-0.1, -0.05) is 4.89 Å². The molecule has 0 saturated heterocycles. The molecule has 1 aromatic rings. The maximum Gasteiger partial charge on any atom is 0.262 e. The molecule has 90 valence electrons. The van der Waals surface area contributed by atoms with Gasteiger partial charge in [-0.3, -0.25) is 4.84 Å². The van der Waals surface area contributed by atoms with Crippen molar-refractivity contribution in [1.82, 2.24) is 4.89 Å². The molecule has 1 N–H and O–H groups in total. The van der Waals surface area contributed by atoms with E-state index in [1.54, 1.807) is 19.1 Å². The fraction of sp³-hybridized carbons (Fsp3) is 0.400. The van der Waals surface area contributed by atoms with Crippen LogP contribution >= 0.6 is 0 Å². The van der Waals surface area contributed by atoms with E-state index in [2.05, 4.69) is 4.84 Å². The Labute approximate surface area is 95.4 Å². The van der Waals surface area contributed by atoms with Crippen LogP contribution in [0.15, 0.2) is 29.2 Å². The topological polar surface area (TPSA) is 64.6 Å². The molecule has 0 aliphatic carbocycles. The highest BCUT2D eigenvalue weighted by Crippen LogP contribution is 2.15. The van der Waals surface area contributed by atoms with Crippen LogP contribution in [0.5, 0.6) is 5.75 Å². The van der Waals surface area contributed by atoms with Crippen LogP contribution in [-0.2, 0) is 14.9 Å². The van der Waals surface area contributed by atoms with Gasteiger partial charge >= 0.3 is 0 Å². The summed E-state index contributed by atoms with van der Waals surface area (Å²) in [6.07, 6.45) is 0. The molecule has 0 aromatic heterocycles. The molecule has 0 amide bonds. The Kier molecular flexibility index (Phi) is 4.72. The molecule has 16 heavy (non-hydrogen) atoms. The Hall–Kier alpha value is -1.11. The molecular formula is C10H15NO4S. The number of ether oxygens (including phenoxy) is 1. The maximum absolute atomic E-state index is 11.6. The molecule has 0 aliphatic rings. The van der Waals surface area contributed by atoms with E-state index in [0.717, 1.165) is 0 Å². The van der Waals surface area contributed by atoms with Crippen molar-refractivity contribution in [3.63, 3.8) is 0 Å². The minimum atomic E-state index is -3.58. The molecule has 0 unspecified atom stereocenters. The summed E-state index contributed by atoms with van der Waals surface area (Å²) in [4.78, 5) is 6.81. The van der Waals surface area contributed by atoms with Crippen molar-refractivity contribution < 1.29 is 18.0 Å². The van der Waals surface area contributed by atoms with Crippen molar-refractivity contribution in [2.75, 3.05) is 13.2 Å². The summed E-state index contributed by atoms with van der Waals surface area (Å²) < 4.78 is 28.4. The summed E-state index contributed by atoms with van der Waals surface area (Å²) in [7, 11) is -3.58. The summed E-state index contributed by atoms with van der Waals surface area (Å²) in [6, 6.07) is 6.13. The Morgan fingerprint density at radius 2 is 1.75 bits per heavy atom. The fourth-order valence-corrected chi connectivity index (χ4v) is 1.93. The molecule has 1 aromatic carbocycles. The summed E-state index contributed by atoms with van der Waals surface area (Å²) in [6.45, 7) is 4.38. The molecule has 6 heteroatoms. The van der Waals surface area contributed by atoms with Crippen molar-refractivity contribution in [3.05, 3.63) is 24.3 Å². The van der Waals surface area contributed by atoms with Crippen molar-refractivity contribution in [2.45, 2.75) is 18.7 Å². The highest BCUT2D eigenvalue weighted by molar-refractivity contribution is 7.89. The maximum atomic E-state index is 11.6. The zero-order valence-corrected chi connectivity index (χ0v) is 10.1. The molecule has 0 atom stereocenters. The smallest absolute Gasteiger partial charge is 0.262 e. The normalized spacial score (nSPS) is 11.4. The molecule has 0 aliphatic heterocycles. The van der Waals surface area contributed by atoms with Crippen LogP contribution in [0.4, 0.5) is 0 Å².